The highest BCUT2D eigenvalue weighted by Crippen LogP contribution is 2.27. The fourth-order valence-corrected chi connectivity index (χ4v) is 3.27. The first kappa shape index (κ1) is 14.0. The summed E-state index contributed by atoms with van der Waals surface area (Å²) in [5, 5.41) is 9.62. The summed E-state index contributed by atoms with van der Waals surface area (Å²) in [6, 6.07) is 5.99. The largest absolute Gasteiger partial charge is 0.479 e. The van der Waals surface area contributed by atoms with Gasteiger partial charge in [0.2, 0.25) is 0 Å². The van der Waals surface area contributed by atoms with Crippen LogP contribution in [0.25, 0.3) is 10.1 Å². The highest BCUT2D eigenvalue weighted by Gasteiger charge is 2.30. The number of halogens is 1. The van der Waals surface area contributed by atoms with E-state index in [0.717, 1.165) is 4.70 Å². The Morgan fingerprint density at radius 2 is 2.19 bits per heavy atom. The normalized spacial score (nSPS) is 18.9. The Morgan fingerprint density at radius 1 is 1.38 bits per heavy atom. The first-order valence-corrected chi connectivity index (χ1v) is 7.19. The third-order valence-corrected chi connectivity index (χ3v) is 4.42. The van der Waals surface area contributed by atoms with Gasteiger partial charge in [0.1, 0.15) is 5.82 Å². The van der Waals surface area contributed by atoms with E-state index in [4.69, 9.17) is 9.84 Å². The van der Waals surface area contributed by atoms with Crippen molar-refractivity contribution < 1.29 is 23.8 Å². The Morgan fingerprint density at radius 3 is 2.95 bits per heavy atom. The molecule has 1 N–H and O–H groups in total. The third kappa shape index (κ3) is 2.74. The van der Waals surface area contributed by atoms with Gasteiger partial charge < -0.3 is 14.7 Å². The van der Waals surface area contributed by atoms with E-state index in [9.17, 15) is 14.0 Å². The Labute approximate surface area is 123 Å². The summed E-state index contributed by atoms with van der Waals surface area (Å²) >= 11 is 1.27. The number of carboxylic acids is 1. The van der Waals surface area contributed by atoms with Crippen LogP contribution in [0.5, 0.6) is 0 Å². The summed E-state index contributed by atoms with van der Waals surface area (Å²) in [5.41, 5.74) is 0. The second-order valence-electron chi connectivity index (χ2n) is 4.74. The smallest absolute Gasteiger partial charge is 0.334 e. The fourth-order valence-electron chi connectivity index (χ4n) is 2.26. The van der Waals surface area contributed by atoms with Crippen LogP contribution in [0, 0.1) is 5.82 Å². The van der Waals surface area contributed by atoms with Crippen molar-refractivity contribution in [3.05, 3.63) is 35.0 Å². The second kappa shape index (κ2) is 5.42. The number of hydrogen-bond acceptors (Lipinski definition) is 4. The lowest BCUT2D eigenvalue weighted by molar-refractivity contribution is -0.154. The van der Waals surface area contributed by atoms with E-state index in [-0.39, 0.29) is 24.9 Å². The van der Waals surface area contributed by atoms with Gasteiger partial charge >= 0.3 is 5.97 Å². The molecule has 1 atom stereocenters. The molecule has 1 aromatic carbocycles. The van der Waals surface area contributed by atoms with Gasteiger partial charge in [-0.2, -0.15) is 0 Å². The van der Waals surface area contributed by atoms with Crippen molar-refractivity contribution in [2.75, 3.05) is 19.7 Å². The number of rotatable bonds is 2. The summed E-state index contributed by atoms with van der Waals surface area (Å²) < 4.78 is 19.1. The minimum atomic E-state index is -1.08. The molecule has 0 spiro atoms. The van der Waals surface area contributed by atoms with Gasteiger partial charge in [0.15, 0.2) is 6.10 Å². The molecule has 2 aromatic rings. The number of carbonyl (C=O) groups is 2. The van der Waals surface area contributed by atoms with Gasteiger partial charge in [-0.25, -0.2) is 9.18 Å². The van der Waals surface area contributed by atoms with Gasteiger partial charge in [0.25, 0.3) is 5.91 Å². The van der Waals surface area contributed by atoms with Crippen LogP contribution in [0.4, 0.5) is 4.39 Å². The van der Waals surface area contributed by atoms with Crippen molar-refractivity contribution in [1.82, 2.24) is 4.90 Å². The minimum absolute atomic E-state index is 0.0246. The summed E-state index contributed by atoms with van der Waals surface area (Å²) in [5.74, 6) is -1.67. The van der Waals surface area contributed by atoms with Crippen molar-refractivity contribution in [2.24, 2.45) is 0 Å². The molecule has 1 amide bonds. The van der Waals surface area contributed by atoms with Crippen LogP contribution in [-0.2, 0) is 9.53 Å². The number of morpholine rings is 1. The van der Waals surface area contributed by atoms with Crippen molar-refractivity contribution in [3.8, 4) is 0 Å². The average molecular weight is 309 g/mol. The molecule has 1 unspecified atom stereocenters. The maximum Gasteiger partial charge on any atom is 0.334 e. The van der Waals surface area contributed by atoms with Gasteiger partial charge in [0.05, 0.1) is 18.0 Å². The SMILES string of the molecule is O=C(O)C1CN(C(=O)c2cc3cc(F)ccc3s2)CCO1. The molecule has 5 nitrogen and oxygen atoms in total. The molecule has 1 fully saturated rings. The van der Waals surface area contributed by atoms with E-state index >= 15 is 0 Å². The molecule has 0 aliphatic carbocycles. The van der Waals surface area contributed by atoms with Crippen molar-refractivity contribution in [1.29, 1.82) is 0 Å². The van der Waals surface area contributed by atoms with Gasteiger partial charge in [-0.3, -0.25) is 4.79 Å². The Kier molecular flexibility index (Phi) is 3.60. The molecule has 1 aliphatic heterocycles. The third-order valence-electron chi connectivity index (χ3n) is 3.32. The molecule has 0 bridgehead atoms. The molecule has 3 rings (SSSR count). The zero-order valence-corrected chi connectivity index (χ0v) is 11.7. The number of carboxylic acid groups (broad SMARTS) is 1. The number of hydrogen-bond donors (Lipinski definition) is 1. The topological polar surface area (TPSA) is 66.8 Å². The van der Waals surface area contributed by atoms with E-state index < -0.39 is 12.1 Å². The number of ether oxygens (including phenoxy) is 1. The zero-order valence-electron chi connectivity index (χ0n) is 10.9. The number of amides is 1. The molecule has 21 heavy (non-hydrogen) atoms. The Balaban J connectivity index is 1.84. The summed E-state index contributed by atoms with van der Waals surface area (Å²) in [7, 11) is 0. The lowest BCUT2D eigenvalue weighted by Gasteiger charge is -2.30. The van der Waals surface area contributed by atoms with E-state index in [1.54, 1.807) is 12.1 Å². The number of benzene rings is 1. The van der Waals surface area contributed by atoms with Crippen LogP contribution in [0.15, 0.2) is 24.3 Å². The number of carbonyl (C=O) groups excluding carboxylic acids is 1. The highest BCUT2D eigenvalue weighted by molar-refractivity contribution is 7.20. The number of fused-ring (bicyclic) bond motifs is 1. The zero-order chi connectivity index (χ0) is 15.0. The summed E-state index contributed by atoms with van der Waals surface area (Å²) in [6.45, 7) is 0.574. The maximum atomic E-state index is 13.2. The van der Waals surface area contributed by atoms with Gasteiger partial charge in [-0.15, -0.1) is 11.3 Å². The van der Waals surface area contributed by atoms with Crippen LogP contribution < -0.4 is 0 Å². The lowest BCUT2D eigenvalue weighted by Crippen LogP contribution is -2.48. The molecule has 0 radical (unpaired) electrons. The fraction of sp³-hybridized carbons (Fsp3) is 0.286. The summed E-state index contributed by atoms with van der Waals surface area (Å²) in [6.07, 6.45) is -0.991. The second-order valence-corrected chi connectivity index (χ2v) is 5.83. The van der Waals surface area contributed by atoms with Crippen LogP contribution >= 0.6 is 11.3 Å². The molecular weight excluding hydrogens is 297 g/mol. The van der Waals surface area contributed by atoms with Crippen molar-refractivity contribution >= 4 is 33.3 Å². The standard InChI is InChI=1S/C14H12FNO4S/c15-9-1-2-11-8(5-9)6-12(21-11)13(17)16-3-4-20-10(7-16)14(18)19/h1-2,5-6,10H,3-4,7H2,(H,18,19). The molecule has 0 saturated carbocycles. The maximum absolute atomic E-state index is 13.2. The molecule has 7 heteroatoms. The number of aliphatic carboxylic acids is 1. The summed E-state index contributed by atoms with van der Waals surface area (Å²) in [4.78, 5) is 25.3. The monoisotopic (exact) mass is 309 g/mol. The van der Waals surface area contributed by atoms with Crippen LogP contribution in [0.2, 0.25) is 0 Å². The van der Waals surface area contributed by atoms with E-state index in [1.165, 1.54) is 28.4 Å². The molecule has 1 aliphatic rings. The van der Waals surface area contributed by atoms with Crippen LogP contribution in [-0.4, -0.2) is 47.7 Å². The number of thiophene rings is 1. The Hall–Kier alpha value is -1.99. The molecule has 1 aromatic heterocycles. The average Bonchev–Trinajstić information content (AvgIpc) is 2.89. The number of nitrogens with zero attached hydrogens (tertiary/aromatic N) is 1. The Bertz CT molecular complexity index is 714. The molecule has 1 saturated heterocycles. The van der Waals surface area contributed by atoms with E-state index in [0.29, 0.717) is 16.8 Å². The first-order valence-electron chi connectivity index (χ1n) is 6.37. The van der Waals surface area contributed by atoms with Gasteiger partial charge in [-0.05, 0) is 29.7 Å². The quantitative estimate of drug-likeness (QED) is 0.921. The molecular formula is C14H12FNO4S. The lowest BCUT2D eigenvalue weighted by atomic mass is 10.2. The minimum Gasteiger partial charge on any atom is -0.479 e. The van der Waals surface area contributed by atoms with Crippen molar-refractivity contribution in [2.45, 2.75) is 6.10 Å². The molecule has 110 valence electrons. The van der Waals surface area contributed by atoms with Gasteiger partial charge in [-0.1, -0.05) is 0 Å². The predicted octanol–water partition coefficient (Wildman–Crippen LogP) is 1.97. The van der Waals surface area contributed by atoms with Crippen LogP contribution in [0.3, 0.4) is 0 Å². The molecule has 2 heterocycles. The first-order chi connectivity index (χ1) is 10.0. The highest BCUT2D eigenvalue weighted by atomic mass is 32.1. The van der Waals surface area contributed by atoms with Crippen LogP contribution in [0.1, 0.15) is 9.67 Å². The predicted molar refractivity (Wildman–Crippen MR) is 75.1 cm³/mol. The van der Waals surface area contributed by atoms with Crippen molar-refractivity contribution in [3.63, 3.8) is 0 Å². The van der Waals surface area contributed by atoms with E-state index in [2.05, 4.69) is 0 Å². The van der Waals surface area contributed by atoms with Gasteiger partial charge in [0, 0.05) is 11.2 Å². The van der Waals surface area contributed by atoms with E-state index in [1.807, 2.05) is 0 Å².